The second-order valence-corrected chi connectivity index (χ2v) is 4.90. The first-order valence-electron chi connectivity index (χ1n) is 5.25. The lowest BCUT2D eigenvalue weighted by atomic mass is 10.0. The Morgan fingerprint density at radius 2 is 2.31 bits per heavy atom. The van der Waals surface area contributed by atoms with Gasteiger partial charge in [-0.3, -0.25) is 9.79 Å². The fourth-order valence-electron chi connectivity index (χ4n) is 1.73. The van der Waals surface area contributed by atoms with Gasteiger partial charge in [0.2, 0.25) is 0 Å². The second kappa shape index (κ2) is 4.70. The average molecular weight is 235 g/mol. The van der Waals surface area contributed by atoms with Gasteiger partial charge in [-0.15, -0.1) is 11.8 Å². The molecule has 0 bridgehead atoms. The van der Waals surface area contributed by atoms with E-state index in [0.717, 1.165) is 10.6 Å². The number of benzene rings is 1. The van der Waals surface area contributed by atoms with Gasteiger partial charge >= 0.3 is 5.97 Å². The molecule has 0 aromatic heterocycles. The molecule has 0 radical (unpaired) electrons. The number of carboxylic acids is 1. The van der Waals surface area contributed by atoms with E-state index in [2.05, 4.69) is 4.99 Å². The number of carbonyl (C=O) groups is 1. The van der Waals surface area contributed by atoms with E-state index < -0.39 is 5.97 Å². The summed E-state index contributed by atoms with van der Waals surface area (Å²) in [5.41, 5.74) is 0.934. The number of carboxylic acid groups (broad SMARTS) is 1. The Kier molecular flexibility index (Phi) is 3.29. The van der Waals surface area contributed by atoms with Crippen molar-refractivity contribution in [2.45, 2.75) is 23.5 Å². The molecule has 84 valence electrons. The number of thioether (sulfide) groups is 1. The van der Waals surface area contributed by atoms with E-state index in [1.54, 1.807) is 18.0 Å². The van der Waals surface area contributed by atoms with E-state index in [4.69, 9.17) is 5.11 Å². The van der Waals surface area contributed by atoms with E-state index in [0.29, 0.717) is 6.42 Å². The molecular formula is C12H13NO2S. The zero-order valence-electron chi connectivity index (χ0n) is 8.96. The number of rotatable bonds is 3. The maximum absolute atomic E-state index is 11.1. The summed E-state index contributed by atoms with van der Waals surface area (Å²) in [6, 6.07) is 7.81. The van der Waals surface area contributed by atoms with Crippen LogP contribution in [0.2, 0.25) is 0 Å². The summed E-state index contributed by atoms with van der Waals surface area (Å²) in [4.78, 5) is 16.4. The van der Waals surface area contributed by atoms with Crippen LogP contribution >= 0.6 is 11.8 Å². The SMILES string of the molecule is CCC(C(=O)O)C1C=Nc2ccccc2S1. The van der Waals surface area contributed by atoms with Crippen LogP contribution in [0.15, 0.2) is 34.2 Å². The predicted molar refractivity (Wildman–Crippen MR) is 65.7 cm³/mol. The Balaban J connectivity index is 2.22. The Morgan fingerprint density at radius 3 is 3.00 bits per heavy atom. The maximum Gasteiger partial charge on any atom is 0.308 e. The third-order valence-corrected chi connectivity index (χ3v) is 3.96. The van der Waals surface area contributed by atoms with Crippen LogP contribution in [0, 0.1) is 5.92 Å². The van der Waals surface area contributed by atoms with Crippen molar-refractivity contribution in [1.29, 1.82) is 0 Å². The van der Waals surface area contributed by atoms with Crippen molar-refractivity contribution < 1.29 is 9.90 Å². The fourth-order valence-corrected chi connectivity index (χ4v) is 3.01. The molecule has 0 aliphatic carbocycles. The van der Waals surface area contributed by atoms with Crippen LogP contribution in [0.4, 0.5) is 5.69 Å². The minimum atomic E-state index is -0.745. The Morgan fingerprint density at radius 1 is 1.56 bits per heavy atom. The highest BCUT2D eigenvalue weighted by atomic mass is 32.2. The highest BCUT2D eigenvalue weighted by Gasteiger charge is 2.28. The summed E-state index contributed by atoms with van der Waals surface area (Å²) >= 11 is 1.59. The van der Waals surface area contributed by atoms with Crippen molar-refractivity contribution in [2.24, 2.45) is 10.9 Å². The summed E-state index contributed by atoms with van der Waals surface area (Å²) < 4.78 is 0. The van der Waals surface area contributed by atoms with Crippen molar-refractivity contribution in [3.8, 4) is 0 Å². The standard InChI is InChI=1S/C12H13NO2S/c1-2-8(12(14)15)11-7-13-9-5-3-4-6-10(9)16-11/h3-8,11H,2H2,1H3,(H,14,15). The number of aliphatic imine (C=N–C) groups is 1. The number of aliphatic carboxylic acids is 1. The van der Waals surface area contributed by atoms with Gasteiger partial charge < -0.3 is 5.11 Å². The third-order valence-electron chi connectivity index (χ3n) is 2.64. The molecule has 1 aromatic rings. The molecule has 2 atom stereocenters. The molecule has 3 nitrogen and oxygen atoms in total. The Labute approximate surface area is 98.6 Å². The quantitative estimate of drug-likeness (QED) is 0.876. The Bertz CT molecular complexity index is 431. The molecule has 1 aliphatic rings. The molecule has 0 spiro atoms. The Hall–Kier alpha value is -1.29. The van der Waals surface area contributed by atoms with Gasteiger partial charge in [-0.05, 0) is 18.6 Å². The molecule has 0 saturated carbocycles. The zero-order chi connectivity index (χ0) is 11.5. The molecule has 2 rings (SSSR count). The summed E-state index contributed by atoms with van der Waals surface area (Å²) in [5.74, 6) is -1.10. The van der Waals surface area contributed by atoms with Crippen molar-refractivity contribution >= 4 is 29.6 Å². The summed E-state index contributed by atoms with van der Waals surface area (Å²) in [7, 11) is 0. The van der Waals surface area contributed by atoms with E-state index in [1.165, 1.54) is 0 Å². The van der Waals surface area contributed by atoms with Gasteiger partial charge in [0.25, 0.3) is 0 Å². The molecule has 0 amide bonds. The van der Waals surface area contributed by atoms with E-state index in [9.17, 15) is 4.79 Å². The molecule has 16 heavy (non-hydrogen) atoms. The largest absolute Gasteiger partial charge is 0.481 e. The predicted octanol–water partition coefficient (Wildman–Crippen LogP) is 2.97. The number of nitrogens with zero attached hydrogens (tertiary/aromatic N) is 1. The fraction of sp³-hybridized carbons (Fsp3) is 0.333. The average Bonchev–Trinajstić information content (AvgIpc) is 2.29. The normalized spacial score (nSPS) is 20.2. The van der Waals surface area contributed by atoms with Crippen LogP contribution in [-0.2, 0) is 4.79 Å². The van der Waals surface area contributed by atoms with Gasteiger partial charge in [-0.25, -0.2) is 0 Å². The van der Waals surface area contributed by atoms with Gasteiger partial charge in [0, 0.05) is 11.1 Å². The van der Waals surface area contributed by atoms with Crippen LogP contribution in [0.25, 0.3) is 0 Å². The zero-order valence-corrected chi connectivity index (χ0v) is 9.78. The van der Waals surface area contributed by atoms with Crippen LogP contribution < -0.4 is 0 Å². The molecule has 1 N–H and O–H groups in total. The lowest BCUT2D eigenvalue weighted by molar-refractivity contribution is -0.141. The summed E-state index contributed by atoms with van der Waals surface area (Å²) in [5, 5.41) is 9.04. The van der Waals surface area contributed by atoms with Crippen molar-refractivity contribution in [3.05, 3.63) is 24.3 Å². The van der Waals surface area contributed by atoms with Crippen LogP contribution in [0.1, 0.15) is 13.3 Å². The first kappa shape index (κ1) is 11.2. The number of hydrogen-bond donors (Lipinski definition) is 1. The molecular weight excluding hydrogens is 222 g/mol. The van der Waals surface area contributed by atoms with Crippen LogP contribution in [-0.4, -0.2) is 22.5 Å². The van der Waals surface area contributed by atoms with Crippen LogP contribution in [0.3, 0.4) is 0 Å². The minimum absolute atomic E-state index is 0.0580. The highest BCUT2D eigenvalue weighted by molar-refractivity contribution is 8.00. The lowest BCUT2D eigenvalue weighted by Gasteiger charge is -2.22. The molecule has 1 heterocycles. The number of para-hydroxylation sites is 1. The van der Waals surface area contributed by atoms with Gasteiger partial charge in [-0.1, -0.05) is 19.1 Å². The molecule has 1 aromatic carbocycles. The van der Waals surface area contributed by atoms with Crippen molar-refractivity contribution in [1.82, 2.24) is 0 Å². The monoisotopic (exact) mass is 235 g/mol. The maximum atomic E-state index is 11.1. The van der Waals surface area contributed by atoms with Gasteiger partial charge in [-0.2, -0.15) is 0 Å². The number of fused-ring (bicyclic) bond motifs is 1. The molecule has 2 unspecified atom stereocenters. The summed E-state index contributed by atoms with van der Waals surface area (Å²) in [6.45, 7) is 1.90. The van der Waals surface area contributed by atoms with Gasteiger partial charge in [0.1, 0.15) is 0 Å². The first-order valence-corrected chi connectivity index (χ1v) is 6.13. The second-order valence-electron chi connectivity index (χ2n) is 3.68. The van der Waals surface area contributed by atoms with Crippen molar-refractivity contribution in [2.75, 3.05) is 0 Å². The molecule has 4 heteroatoms. The van der Waals surface area contributed by atoms with E-state index in [-0.39, 0.29) is 11.2 Å². The topological polar surface area (TPSA) is 49.7 Å². The smallest absolute Gasteiger partial charge is 0.308 e. The highest BCUT2D eigenvalue weighted by Crippen LogP contribution is 2.38. The first-order chi connectivity index (χ1) is 7.72. The molecule has 0 fully saturated rings. The van der Waals surface area contributed by atoms with E-state index in [1.807, 2.05) is 31.2 Å². The minimum Gasteiger partial charge on any atom is -0.481 e. The molecule has 0 saturated heterocycles. The lowest BCUT2D eigenvalue weighted by Crippen LogP contribution is -2.27. The number of hydrogen-bond acceptors (Lipinski definition) is 3. The van der Waals surface area contributed by atoms with Gasteiger partial charge in [0.15, 0.2) is 0 Å². The van der Waals surface area contributed by atoms with E-state index >= 15 is 0 Å². The third kappa shape index (κ3) is 2.11. The van der Waals surface area contributed by atoms with Crippen LogP contribution in [0.5, 0.6) is 0 Å². The van der Waals surface area contributed by atoms with Crippen molar-refractivity contribution in [3.63, 3.8) is 0 Å². The summed E-state index contributed by atoms with van der Waals surface area (Å²) in [6.07, 6.45) is 2.39. The molecule has 1 aliphatic heterocycles. The van der Waals surface area contributed by atoms with Gasteiger partial charge in [0.05, 0.1) is 16.9 Å².